The van der Waals surface area contributed by atoms with Crippen LogP contribution >= 0.6 is 23.7 Å². The highest BCUT2D eigenvalue weighted by atomic mass is 35.5. The largest absolute Gasteiger partial charge is 0.353 e. The van der Waals surface area contributed by atoms with Crippen molar-refractivity contribution in [3.05, 3.63) is 22.4 Å². The summed E-state index contributed by atoms with van der Waals surface area (Å²) in [6.07, 6.45) is 2.32. The number of amides is 2. The molecule has 1 aromatic heterocycles. The molecule has 1 aliphatic rings. The van der Waals surface area contributed by atoms with E-state index < -0.39 is 0 Å². The van der Waals surface area contributed by atoms with Crippen molar-refractivity contribution in [2.75, 3.05) is 13.1 Å². The Morgan fingerprint density at radius 2 is 2.16 bits per heavy atom. The maximum Gasteiger partial charge on any atom is 0.261 e. The highest BCUT2D eigenvalue weighted by Gasteiger charge is 2.28. The van der Waals surface area contributed by atoms with E-state index >= 15 is 0 Å². The normalized spacial score (nSPS) is 15.2. The first-order chi connectivity index (χ1) is 8.66. The van der Waals surface area contributed by atoms with Crippen molar-refractivity contribution in [2.45, 2.75) is 18.9 Å². The van der Waals surface area contributed by atoms with E-state index in [-0.39, 0.29) is 36.8 Å². The first-order valence-corrected chi connectivity index (χ1v) is 6.89. The highest BCUT2D eigenvalue weighted by molar-refractivity contribution is 7.12. The Balaban J connectivity index is 0.00000180. The number of carbonyl (C=O) groups is 2. The van der Waals surface area contributed by atoms with Crippen molar-refractivity contribution in [3.8, 4) is 0 Å². The van der Waals surface area contributed by atoms with Crippen LogP contribution < -0.4 is 16.4 Å². The lowest BCUT2D eigenvalue weighted by Gasteiger charge is -2.11. The van der Waals surface area contributed by atoms with Crippen LogP contribution in [0.2, 0.25) is 0 Å². The van der Waals surface area contributed by atoms with Crippen molar-refractivity contribution in [1.29, 1.82) is 0 Å². The Morgan fingerprint density at radius 1 is 1.42 bits per heavy atom. The molecule has 0 bridgehead atoms. The molecule has 1 atom stereocenters. The third-order valence-corrected chi connectivity index (χ3v) is 3.79. The summed E-state index contributed by atoms with van der Waals surface area (Å²) < 4.78 is 0. The van der Waals surface area contributed by atoms with E-state index in [2.05, 4.69) is 10.6 Å². The van der Waals surface area contributed by atoms with Crippen LogP contribution in [0.15, 0.2) is 17.5 Å². The molecule has 7 heteroatoms. The van der Waals surface area contributed by atoms with E-state index in [1.807, 2.05) is 5.38 Å². The fraction of sp³-hybridized carbons (Fsp3) is 0.500. The van der Waals surface area contributed by atoms with E-state index in [4.69, 9.17) is 5.73 Å². The van der Waals surface area contributed by atoms with Gasteiger partial charge < -0.3 is 16.4 Å². The fourth-order valence-electron chi connectivity index (χ4n) is 1.64. The van der Waals surface area contributed by atoms with Gasteiger partial charge in [-0.1, -0.05) is 6.07 Å². The van der Waals surface area contributed by atoms with Gasteiger partial charge in [0.05, 0.1) is 11.4 Å². The average Bonchev–Trinajstić information content (AvgIpc) is 3.08. The third kappa shape index (κ3) is 5.18. The predicted molar refractivity (Wildman–Crippen MR) is 77.6 cm³/mol. The molecule has 19 heavy (non-hydrogen) atoms. The van der Waals surface area contributed by atoms with Crippen molar-refractivity contribution in [1.82, 2.24) is 10.6 Å². The second kappa shape index (κ2) is 7.47. The summed E-state index contributed by atoms with van der Waals surface area (Å²) in [4.78, 5) is 23.7. The minimum atomic E-state index is -0.216. The summed E-state index contributed by atoms with van der Waals surface area (Å²) in [6.45, 7) is 0.479. The summed E-state index contributed by atoms with van der Waals surface area (Å²) in [6, 6.07) is 3.57. The summed E-state index contributed by atoms with van der Waals surface area (Å²) >= 11 is 1.35. The lowest BCUT2D eigenvalue weighted by molar-refractivity contribution is -0.120. The minimum Gasteiger partial charge on any atom is -0.353 e. The second-order valence-electron chi connectivity index (χ2n) is 4.47. The lowest BCUT2D eigenvalue weighted by Crippen LogP contribution is -2.43. The second-order valence-corrected chi connectivity index (χ2v) is 5.41. The molecule has 1 aromatic rings. The Kier molecular flexibility index (Phi) is 6.27. The summed E-state index contributed by atoms with van der Waals surface area (Å²) in [5.41, 5.74) is 5.86. The quantitative estimate of drug-likeness (QED) is 0.725. The molecule has 4 N–H and O–H groups in total. The van der Waals surface area contributed by atoms with Crippen molar-refractivity contribution in [3.63, 3.8) is 0 Å². The molecule has 106 valence electrons. The molecular formula is C12H18ClN3O2S. The van der Waals surface area contributed by atoms with Crippen LogP contribution in [0.4, 0.5) is 0 Å². The number of hydrogen-bond acceptors (Lipinski definition) is 4. The molecule has 5 nitrogen and oxygen atoms in total. The van der Waals surface area contributed by atoms with E-state index in [0.717, 1.165) is 12.8 Å². The van der Waals surface area contributed by atoms with E-state index in [0.29, 0.717) is 17.3 Å². The van der Waals surface area contributed by atoms with Gasteiger partial charge in [-0.15, -0.1) is 23.7 Å². The number of nitrogens with one attached hydrogen (secondary N) is 2. The maximum absolute atomic E-state index is 11.6. The van der Waals surface area contributed by atoms with Crippen LogP contribution in [-0.4, -0.2) is 30.9 Å². The summed E-state index contributed by atoms with van der Waals surface area (Å²) in [7, 11) is 0. The van der Waals surface area contributed by atoms with Gasteiger partial charge in [-0.3, -0.25) is 9.59 Å². The molecule has 0 spiro atoms. The molecule has 2 amide bonds. The highest BCUT2D eigenvalue weighted by Crippen LogP contribution is 2.31. The molecule has 1 fully saturated rings. The minimum absolute atomic E-state index is 0. The maximum atomic E-state index is 11.6. The standard InChI is InChI=1S/C12H17N3O2S.ClH/c13-9(8-3-4-8)6-14-11(16)7-15-12(17)10-2-1-5-18-10;/h1-2,5,8-9H,3-4,6-7,13H2,(H,14,16)(H,15,17);1H. The van der Waals surface area contributed by atoms with Gasteiger partial charge >= 0.3 is 0 Å². The van der Waals surface area contributed by atoms with Gasteiger partial charge in [0.1, 0.15) is 0 Å². The monoisotopic (exact) mass is 303 g/mol. The van der Waals surface area contributed by atoms with Gasteiger partial charge in [-0.05, 0) is 30.2 Å². The zero-order valence-electron chi connectivity index (χ0n) is 10.4. The van der Waals surface area contributed by atoms with Crippen LogP contribution in [-0.2, 0) is 4.79 Å². The Morgan fingerprint density at radius 3 is 2.74 bits per heavy atom. The zero-order valence-corrected chi connectivity index (χ0v) is 12.1. The van der Waals surface area contributed by atoms with Crippen molar-refractivity contribution < 1.29 is 9.59 Å². The number of rotatable bonds is 6. The third-order valence-electron chi connectivity index (χ3n) is 2.92. The Hall–Kier alpha value is -1.11. The summed E-state index contributed by atoms with van der Waals surface area (Å²) in [5, 5.41) is 7.12. The molecule has 0 aromatic carbocycles. The molecule has 0 saturated heterocycles. The number of thiophene rings is 1. The zero-order chi connectivity index (χ0) is 13.0. The van der Waals surface area contributed by atoms with Gasteiger partial charge in [0.2, 0.25) is 5.91 Å². The molecule has 1 unspecified atom stereocenters. The molecule has 1 saturated carbocycles. The van der Waals surface area contributed by atoms with Crippen LogP contribution in [0, 0.1) is 5.92 Å². The molecule has 2 rings (SSSR count). The van der Waals surface area contributed by atoms with E-state index in [9.17, 15) is 9.59 Å². The summed E-state index contributed by atoms with van der Waals surface area (Å²) in [5.74, 6) is 0.147. The van der Waals surface area contributed by atoms with Crippen molar-refractivity contribution in [2.24, 2.45) is 11.7 Å². The number of halogens is 1. The Bertz CT molecular complexity index is 421. The first-order valence-electron chi connectivity index (χ1n) is 6.01. The smallest absolute Gasteiger partial charge is 0.261 e. The van der Waals surface area contributed by atoms with Crippen LogP contribution in [0.25, 0.3) is 0 Å². The first kappa shape index (κ1) is 15.9. The number of carbonyl (C=O) groups excluding carboxylic acids is 2. The molecule has 1 aliphatic carbocycles. The topological polar surface area (TPSA) is 84.2 Å². The van der Waals surface area contributed by atoms with Crippen LogP contribution in [0.5, 0.6) is 0 Å². The van der Waals surface area contributed by atoms with Gasteiger partial charge in [-0.25, -0.2) is 0 Å². The molecule has 0 aliphatic heterocycles. The lowest BCUT2D eigenvalue weighted by atomic mass is 10.2. The van der Waals surface area contributed by atoms with Crippen LogP contribution in [0.3, 0.4) is 0 Å². The van der Waals surface area contributed by atoms with Crippen molar-refractivity contribution >= 4 is 35.6 Å². The van der Waals surface area contributed by atoms with Gasteiger partial charge in [0.25, 0.3) is 5.91 Å². The average molecular weight is 304 g/mol. The number of nitrogens with two attached hydrogens (primary N) is 1. The fourth-order valence-corrected chi connectivity index (χ4v) is 2.28. The van der Waals surface area contributed by atoms with Gasteiger partial charge in [0, 0.05) is 12.6 Å². The van der Waals surface area contributed by atoms with Gasteiger partial charge in [-0.2, -0.15) is 0 Å². The molecule has 0 radical (unpaired) electrons. The van der Waals surface area contributed by atoms with E-state index in [1.54, 1.807) is 12.1 Å². The van der Waals surface area contributed by atoms with Gasteiger partial charge in [0.15, 0.2) is 0 Å². The number of hydrogen-bond donors (Lipinski definition) is 3. The predicted octanol–water partition coefficient (Wildman–Crippen LogP) is 0.753. The Labute approximate surface area is 122 Å². The van der Waals surface area contributed by atoms with Crippen LogP contribution in [0.1, 0.15) is 22.5 Å². The van der Waals surface area contributed by atoms with E-state index in [1.165, 1.54) is 11.3 Å². The molecular weight excluding hydrogens is 286 g/mol. The SMILES string of the molecule is Cl.NC(CNC(=O)CNC(=O)c1cccs1)C1CC1. The molecule has 1 heterocycles.